The number of benzene rings is 1. The highest BCUT2D eigenvalue weighted by atomic mass is 16.5. The number of carbonyl (C=O) groups is 3. The van der Waals surface area contributed by atoms with Crippen molar-refractivity contribution in [3.63, 3.8) is 0 Å². The number of methoxy groups -OCH3 is 1. The molecule has 1 aliphatic rings. The monoisotopic (exact) mass is 288 g/mol. The number of hydrogen-bond donors (Lipinski definition) is 1. The number of hydrogen-bond acceptors (Lipinski definition) is 4. The molecule has 1 N–H and O–H groups in total. The fraction of sp³-hybridized carbons (Fsp3) is 0.267. The van der Waals surface area contributed by atoms with E-state index in [9.17, 15) is 14.4 Å². The number of nitrogens with one attached hydrogen (secondary N) is 1. The van der Waals surface area contributed by atoms with Crippen molar-refractivity contribution in [2.75, 3.05) is 13.7 Å². The lowest BCUT2D eigenvalue weighted by Crippen LogP contribution is -2.54. The van der Waals surface area contributed by atoms with Gasteiger partial charge in [0.05, 0.1) is 19.6 Å². The molecule has 0 saturated carbocycles. The van der Waals surface area contributed by atoms with Crippen LogP contribution in [0.5, 0.6) is 0 Å². The first-order valence-corrected chi connectivity index (χ1v) is 6.52. The fourth-order valence-corrected chi connectivity index (χ4v) is 2.04. The van der Waals surface area contributed by atoms with Crippen molar-refractivity contribution in [2.24, 2.45) is 5.92 Å². The maximum atomic E-state index is 12.0. The van der Waals surface area contributed by atoms with Gasteiger partial charge < -0.3 is 4.74 Å². The highest BCUT2D eigenvalue weighted by Gasteiger charge is 2.32. The van der Waals surface area contributed by atoms with Crippen LogP contribution in [-0.4, -0.2) is 36.4 Å². The maximum Gasteiger partial charge on any atom is 0.311 e. The molecule has 0 radical (unpaired) electrons. The summed E-state index contributed by atoms with van der Waals surface area (Å²) >= 11 is 0. The largest absolute Gasteiger partial charge is 0.469 e. The molecule has 1 heterocycles. The zero-order valence-electron chi connectivity index (χ0n) is 11.6. The lowest BCUT2D eigenvalue weighted by Gasteiger charge is -2.30. The van der Waals surface area contributed by atoms with Gasteiger partial charge in [-0.15, -0.1) is 0 Å². The van der Waals surface area contributed by atoms with Crippen LogP contribution in [-0.2, 0) is 19.1 Å². The Morgan fingerprint density at radius 1 is 1.33 bits per heavy atom. The molecule has 1 aromatic carbocycles. The molecule has 1 saturated heterocycles. The van der Waals surface area contributed by atoms with Crippen LogP contribution in [0.2, 0.25) is 0 Å². The van der Waals surface area contributed by atoms with Crippen LogP contribution in [0.25, 0.3) is 6.08 Å². The van der Waals surface area contributed by atoms with Crippen molar-refractivity contribution >= 4 is 23.9 Å². The second kappa shape index (κ2) is 6.69. The molecule has 1 unspecified atom stereocenters. The zero-order valence-corrected chi connectivity index (χ0v) is 11.6. The molecule has 6 nitrogen and oxygen atoms in total. The molecular formula is C15H16N2O4. The average Bonchev–Trinajstić information content (AvgIpc) is 2.52. The van der Waals surface area contributed by atoms with E-state index >= 15 is 0 Å². The van der Waals surface area contributed by atoms with Crippen molar-refractivity contribution in [2.45, 2.75) is 6.42 Å². The molecule has 2 amide bonds. The minimum Gasteiger partial charge on any atom is -0.469 e. The smallest absolute Gasteiger partial charge is 0.311 e. The fourth-order valence-electron chi connectivity index (χ4n) is 2.04. The first-order chi connectivity index (χ1) is 10.1. The van der Waals surface area contributed by atoms with Crippen molar-refractivity contribution in [3.05, 3.63) is 42.0 Å². The van der Waals surface area contributed by atoms with Gasteiger partial charge in [-0.25, -0.2) is 5.01 Å². The van der Waals surface area contributed by atoms with E-state index < -0.39 is 11.9 Å². The van der Waals surface area contributed by atoms with E-state index in [0.717, 1.165) is 10.6 Å². The predicted molar refractivity (Wildman–Crippen MR) is 75.5 cm³/mol. The van der Waals surface area contributed by atoms with Crippen LogP contribution in [0.4, 0.5) is 0 Å². The molecule has 0 spiro atoms. The topological polar surface area (TPSA) is 75.7 Å². The molecule has 1 atom stereocenters. The highest BCUT2D eigenvalue weighted by molar-refractivity contribution is 5.95. The lowest BCUT2D eigenvalue weighted by molar-refractivity contribution is -0.155. The van der Waals surface area contributed by atoms with E-state index in [4.69, 9.17) is 0 Å². The van der Waals surface area contributed by atoms with Gasteiger partial charge in [0, 0.05) is 12.5 Å². The van der Waals surface area contributed by atoms with Crippen molar-refractivity contribution < 1.29 is 19.1 Å². The van der Waals surface area contributed by atoms with Crippen LogP contribution in [0, 0.1) is 5.92 Å². The number of ether oxygens (including phenoxy) is 1. The quantitative estimate of drug-likeness (QED) is 0.658. The van der Waals surface area contributed by atoms with Crippen LogP contribution >= 0.6 is 0 Å². The molecule has 2 rings (SSSR count). The third kappa shape index (κ3) is 3.92. The Labute approximate surface area is 122 Å². The summed E-state index contributed by atoms with van der Waals surface area (Å²) in [4.78, 5) is 35.1. The molecular weight excluding hydrogens is 272 g/mol. The molecule has 1 aliphatic heterocycles. The summed E-state index contributed by atoms with van der Waals surface area (Å²) in [6.07, 6.45) is 3.03. The zero-order chi connectivity index (χ0) is 15.2. The SMILES string of the molecule is COC(=O)C1CC(=O)NN(C(=O)/C=C/c2ccccc2)C1. The number of nitrogens with zero attached hydrogens (tertiary/aromatic N) is 1. The first kappa shape index (κ1) is 14.8. The summed E-state index contributed by atoms with van der Waals surface area (Å²) in [5.74, 6) is -1.88. The minimum absolute atomic E-state index is 0.0266. The summed E-state index contributed by atoms with van der Waals surface area (Å²) < 4.78 is 4.62. The summed E-state index contributed by atoms with van der Waals surface area (Å²) in [7, 11) is 1.26. The lowest BCUT2D eigenvalue weighted by atomic mass is 10.0. The molecule has 1 fully saturated rings. The Kier molecular flexibility index (Phi) is 4.71. The third-order valence-electron chi connectivity index (χ3n) is 3.11. The second-order valence-corrected chi connectivity index (χ2v) is 4.65. The van der Waals surface area contributed by atoms with Gasteiger partial charge in [0.15, 0.2) is 0 Å². The Morgan fingerprint density at radius 2 is 2.05 bits per heavy atom. The van der Waals surface area contributed by atoms with E-state index in [2.05, 4.69) is 10.2 Å². The Morgan fingerprint density at radius 3 is 2.71 bits per heavy atom. The molecule has 0 bridgehead atoms. The standard InChI is InChI=1S/C15H16N2O4/c1-21-15(20)12-9-13(18)16-17(10-12)14(19)8-7-11-5-3-2-4-6-11/h2-8,12H,9-10H2,1H3,(H,16,18)/b8-7+. The maximum absolute atomic E-state index is 12.0. The average molecular weight is 288 g/mol. The van der Waals surface area contributed by atoms with Crippen molar-refractivity contribution in [1.82, 2.24) is 10.4 Å². The Balaban J connectivity index is 2.03. The molecule has 110 valence electrons. The van der Waals surface area contributed by atoms with E-state index in [-0.39, 0.29) is 24.8 Å². The van der Waals surface area contributed by atoms with E-state index in [1.165, 1.54) is 13.2 Å². The molecule has 0 aromatic heterocycles. The van der Waals surface area contributed by atoms with Gasteiger partial charge >= 0.3 is 5.97 Å². The minimum atomic E-state index is -0.627. The van der Waals surface area contributed by atoms with Gasteiger partial charge in [0.1, 0.15) is 0 Å². The summed E-state index contributed by atoms with van der Waals surface area (Å²) in [6, 6.07) is 9.32. The summed E-state index contributed by atoms with van der Waals surface area (Å²) in [6.45, 7) is 0.108. The summed E-state index contributed by atoms with van der Waals surface area (Å²) in [5, 5.41) is 1.13. The highest BCUT2D eigenvalue weighted by Crippen LogP contribution is 2.13. The van der Waals surface area contributed by atoms with Gasteiger partial charge in [-0.05, 0) is 11.6 Å². The van der Waals surface area contributed by atoms with E-state index in [1.54, 1.807) is 6.08 Å². The van der Waals surface area contributed by atoms with Crippen molar-refractivity contribution in [1.29, 1.82) is 0 Å². The summed E-state index contributed by atoms with van der Waals surface area (Å²) in [5.41, 5.74) is 3.32. The van der Waals surface area contributed by atoms with Gasteiger partial charge in [0.25, 0.3) is 5.91 Å². The second-order valence-electron chi connectivity index (χ2n) is 4.65. The first-order valence-electron chi connectivity index (χ1n) is 6.52. The number of rotatable bonds is 3. The third-order valence-corrected chi connectivity index (χ3v) is 3.11. The predicted octanol–water partition coefficient (Wildman–Crippen LogP) is 0.752. The Hall–Kier alpha value is -2.63. The molecule has 21 heavy (non-hydrogen) atoms. The van der Waals surface area contributed by atoms with Gasteiger partial charge in [-0.3, -0.25) is 19.8 Å². The molecule has 0 aliphatic carbocycles. The van der Waals surface area contributed by atoms with Crippen LogP contribution in [0.1, 0.15) is 12.0 Å². The number of amides is 2. The number of esters is 1. The van der Waals surface area contributed by atoms with E-state index in [1.807, 2.05) is 30.3 Å². The molecule has 6 heteroatoms. The molecule has 1 aromatic rings. The number of carbonyl (C=O) groups excluding carboxylic acids is 3. The van der Waals surface area contributed by atoms with Gasteiger partial charge in [-0.1, -0.05) is 30.3 Å². The van der Waals surface area contributed by atoms with E-state index in [0.29, 0.717) is 0 Å². The van der Waals surface area contributed by atoms with Gasteiger partial charge in [0.2, 0.25) is 5.91 Å². The normalized spacial score (nSPS) is 18.4. The van der Waals surface area contributed by atoms with Gasteiger partial charge in [-0.2, -0.15) is 0 Å². The van der Waals surface area contributed by atoms with Crippen LogP contribution < -0.4 is 5.43 Å². The number of hydrazine groups is 1. The Bertz CT molecular complexity index is 568. The van der Waals surface area contributed by atoms with Crippen LogP contribution in [0.3, 0.4) is 0 Å². The van der Waals surface area contributed by atoms with Crippen LogP contribution in [0.15, 0.2) is 36.4 Å². The van der Waals surface area contributed by atoms with Crippen molar-refractivity contribution in [3.8, 4) is 0 Å².